The first kappa shape index (κ1) is 37.3. The van der Waals surface area contributed by atoms with E-state index in [1.54, 1.807) is 0 Å². The minimum absolute atomic E-state index is 0.0432. The van der Waals surface area contributed by atoms with Gasteiger partial charge in [0.1, 0.15) is 0 Å². The van der Waals surface area contributed by atoms with E-state index in [0.717, 1.165) is 0 Å². The van der Waals surface area contributed by atoms with E-state index in [4.69, 9.17) is 0 Å². The molecule has 63 heavy (non-hydrogen) atoms. The molecule has 0 heteroatoms. The summed E-state index contributed by atoms with van der Waals surface area (Å²) < 4.78 is 0. The fourth-order valence-electron chi connectivity index (χ4n) is 13.5. The molecule has 306 valence electrons. The predicted molar refractivity (Wildman–Crippen MR) is 268 cm³/mol. The topological polar surface area (TPSA) is 0 Å². The second-order valence-electron chi connectivity index (χ2n) is 22.1. The van der Waals surface area contributed by atoms with Crippen molar-refractivity contribution in [1.29, 1.82) is 0 Å². The van der Waals surface area contributed by atoms with Crippen LogP contribution in [-0.2, 0) is 21.7 Å². The van der Waals surface area contributed by atoms with Crippen LogP contribution in [0.3, 0.4) is 0 Å². The van der Waals surface area contributed by atoms with Crippen molar-refractivity contribution < 1.29 is 0 Å². The normalized spacial score (nSPS) is 18.8. The molecule has 5 aliphatic rings. The van der Waals surface area contributed by atoms with Gasteiger partial charge in [0.05, 0.1) is 0 Å². The lowest BCUT2D eigenvalue weighted by molar-refractivity contribution is 0.650. The second kappa shape index (κ2) is 11.7. The van der Waals surface area contributed by atoms with Crippen molar-refractivity contribution in [3.63, 3.8) is 0 Å². The van der Waals surface area contributed by atoms with Crippen molar-refractivity contribution in [2.75, 3.05) is 0 Å². The summed E-state index contributed by atoms with van der Waals surface area (Å²) in [5.41, 5.74) is 27.6. The van der Waals surface area contributed by atoms with Gasteiger partial charge in [-0.2, -0.15) is 0 Å². The smallest absolute Gasteiger partial charge is 0.0159 e. The molecule has 0 radical (unpaired) electrons. The van der Waals surface area contributed by atoms with Crippen LogP contribution in [0.25, 0.3) is 77.2 Å². The summed E-state index contributed by atoms with van der Waals surface area (Å²) in [6.45, 7) is 24.3. The maximum absolute atomic E-state index is 2.58. The van der Waals surface area contributed by atoms with Crippen molar-refractivity contribution in [1.82, 2.24) is 0 Å². The Labute approximate surface area is 373 Å². The minimum Gasteiger partial charge on any atom is -0.0619 e. The van der Waals surface area contributed by atoms with E-state index in [2.05, 4.69) is 215 Å². The van der Waals surface area contributed by atoms with Gasteiger partial charge in [0.15, 0.2) is 0 Å². The summed E-state index contributed by atoms with van der Waals surface area (Å²) >= 11 is 0. The first-order valence-corrected chi connectivity index (χ1v) is 23.2. The van der Waals surface area contributed by atoms with Gasteiger partial charge in [-0.3, -0.25) is 0 Å². The molecule has 0 saturated carbocycles. The average molecular weight is 811 g/mol. The van der Waals surface area contributed by atoms with Gasteiger partial charge in [-0.1, -0.05) is 178 Å². The van der Waals surface area contributed by atoms with Crippen LogP contribution in [0.4, 0.5) is 0 Å². The molecule has 0 aliphatic heterocycles. The van der Waals surface area contributed by atoms with Gasteiger partial charge < -0.3 is 0 Å². The highest BCUT2D eigenvalue weighted by Crippen LogP contribution is 2.61. The monoisotopic (exact) mass is 810 g/mol. The molecule has 0 heterocycles. The number of hydrogen-bond acceptors (Lipinski definition) is 0. The van der Waals surface area contributed by atoms with Crippen LogP contribution < -0.4 is 0 Å². The van der Waals surface area contributed by atoms with Crippen LogP contribution in [0.5, 0.6) is 0 Å². The zero-order valence-corrected chi connectivity index (χ0v) is 38.4. The summed E-state index contributed by atoms with van der Waals surface area (Å²) in [5.74, 6) is 0. The van der Waals surface area contributed by atoms with Crippen LogP contribution in [-0.4, -0.2) is 0 Å². The van der Waals surface area contributed by atoms with E-state index in [1.807, 2.05) is 0 Å². The standard InChI is InChI=1S/C63H54/c1-59(2)47(36-23-25-40-44-31-54-45(33-53(44)62(7,8)51(40)29-36)57-37-18-12-11-17-35(37)24-26-50(57)61(54,5)6)27-28-49(59)42-32-56-58(41-21-14-13-19-38(41)42)46-34-52-43(30-55(46)63(56,9)10)39-20-15-16-22-48(39)60(52,3)4/h11-34H,1-10H3. The summed E-state index contributed by atoms with van der Waals surface area (Å²) in [6.07, 6.45) is 4.87. The van der Waals surface area contributed by atoms with Crippen LogP contribution in [0.1, 0.15) is 125 Å². The largest absolute Gasteiger partial charge is 0.0619 e. The summed E-state index contributed by atoms with van der Waals surface area (Å²) in [5, 5.41) is 5.37. The maximum Gasteiger partial charge on any atom is 0.0159 e. The number of allylic oxidation sites excluding steroid dienone is 4. The second-order valence-corrected chi connectivity index (χ2v) is 22.1. The number of benzene rings is 8. The van der Waals surface area contributed by atoms with E-state index in [1.165, 1.54) is 133 Å². The Balaban J connectivity index is 0.899. The molecule has 0 N–H and O–H groups in total. The summed E-state index contributed by atoms with van der Waals surface area (Å²) in [4.78, 5) is 0. The van der Waals surface area contributed by atoms with Crippen molar-refractivity contribution in [3.8, 4) is 44.5 Å². The highest BCUT2D eigenvalue weighted by Gasteiger charge is 2.45. The van der Waals surface area contributed by atoms with E-state index < -0.39 is 0 Å². The molecule has 0 atom stereocenters. The molecule has 5 aliphatic carbocycles. The molecule has 8 aromatic rings. The van der Waals surface area contributed by atoms with Crippen molar-refractivity contribution >= 4 is 32.7 Å². The summed E-state index contributed by atoms with van der Waals surface area (Å²) in [6, 6.07) is 52.1. The molecule has 0 amide bonds. The minimum atomic E-state index is -0.207. The Kier molecular flexibility index (Phi) is 6.91. The molecule has 0 spiro atoms. The number of rotatable bonds is 2. The van der Waals surface area contributed by atoms with Gasteiger partial charge >= 0.3 is 0 Å². The highest BCUT2D eigenvalue weighted by atomic mass is 14.5. The molecular formula is C63H54. The van der Waals surface area contributed by atoms with Gasteiger partial charge in [0.2, 0.25) is 0 Å². The van der Waals surface area contributed by atoms with Crippen LogP contribution in [0, 0.1) is 5.41 Å². The molecule has 0 bridgehead atoms. The highest BCUT2D eigenvalue weighted by molar-refractivity contribution is 6.10. The fourth-order valence-corrected chi connectivity index (χ4v) is 13.5. The summed E-state index contributed by atoms with van der Waals surface area (Å²) in [7, 11) is 0. The third-order valence-corrected chi connectivity index (χ3v) is 17.1. The first-order chi connectivity index (χ1) is 30.0. The SMILES string of the molecule is CC1(C)C(c2ccc3c(c2)C(C)(C)c2cc4c(cc2-3)C(C)(C)c2ccc3ccccc3c2-4)=CC=C1c1cc2c(c3ccccc13)-c1cc3c(cc1C2(C)C)-c1ccccc1C3(C)C. The van der Waals surface area contributed by atoms with Crippen molar-refractivity contribution in [2.24, 2.45) is 5.41 Å². The predicted octanol–water partition coefficient (Wildman–Crippen LogP) is 16.7. The van der Waals surface area contributed by atoms with Gasteiger partial charge in [-0.05, 0) is 169 Å². The van der Waals surface area contributed by atoms with E-state index in [9.17, 15) is 0 Å². The van der Waals surface area contributed by atoms with Gasteiger partial charge in [-0.25, -0.2) is 0 Å². The van der Waals surface area contributed by atoms with Crippen molar-refractivity contribution in [3.05, 3.63) is 201 Å². The Morgan fingerprint density at radius 3 is 1.46 bits per heavy atom. The Morgan fingerprint density at radius 2 is 0.746 bits per heavy atom. The van der Waals surface area contributed by atoms with Gasteiger partial charge in [0.25, 0.3) is 0 Å². The Hall–Kier alpha value is -6.24. The molecule has 8 aromatic carbocycles. The van der Waals surface area contributed by atoms with Gasteiger partial charge in [0, 0.05) is 27.1 Å². The molecule has 0 unspecified atom stereocenters. The van der Waals surface area contributed by atoms with Crippen LogP contribution in [0.15, 0.2) is 146 Å². The molecule has 0 saturated heterocycles. The number of hydrogen-bond donors (Lipinski definition) is 0. The fraction of sp³-hybridized carbons (Fsp3) is 0.238. The molecular weight excluding hydrogens is 757 g/mol. The number of fused-ring (bicyclic) bond motifs is 16. The molecule has 0 aromatic heterocycles. The quantitative estimate of drug-likeness (QED) is 0.163. The van der Waals surface area contributed by atoms with Gasteiger partial charge in [-0.15, -0.1) is 0 Å². The molecule has 0 fully saturated rings. The first-order valence-electron chi connectivity index (χ1n) is 23.2. The van der Waals surface area contributed by atoms with Crippen LogP contribution >= 0.6 is 0 Å². The molecule has 0 nitrogen and oxygen atoms in total. The van der Waals surface area contributed by atoms with Crippen LogP contribution in [0.2, 0.25) is 0 Å². The molecule has 13 rings (SSSR count). The maximum atomic E-state index is 2.58. The zero-order chi connectivity index (χ0) is 43.3. The Morgan fingerprint density at radius 1 is 0.270 bits per heavy atom. The lowest BCUT2D eigenvalue weighted by Crippen LogP contribution is -2.18. The third kappa shape index (κ3) is 4.48. The average Bonchev–Trinajstić information content (AvgIpc) is 3.94. The van der Waals surface area contributed by atoms with E-state index >= 15 is 0 Å². The lowest BCUT2D eigenvalue weighted by Gasteiger charge is -2.31. The Bertz CT molecular complexity index is 3510. The van der Waals surface area contributed by atoms with E-state index in [0.29, 0.717) is 0 Å². The lowest BCUT2D eigenvalue weighted by atomic mass is 9.72. The van der Waals surface area contributed by atoms with E-state index in [-0.39, 0.29) is 27.1 Å². The third-order valence-electron chi connectivity index (χ3n) is 17.1. The zero-order valence-electron chi connectivity index (χ0n) is 38.4. The van der Waals surface area contributed by atoms with Crippen molar-refractivity contribution in [2.45, 2.75) is 90.9 Å².